The number of carbonyl (C=O) groups is 1. The molecule has 1 aliphatic heterocycles. The minimum Gasteiger partial charge on any atom is -0.355 e. The molecule has 27 heavy (non-hydrogen) atoms. The average molecular weight is 367 g/mol. The number of rotatable bonds is 7. The van der Waals surface area contributed by atoms with Gasteiger partial charge >= 0.3 is 0 Å². The van der Waals surface area contributed by atoms with Crippen LogP contribution in [-0.4, -0.2) is 60.0 Å². The van der Waals surface area contributed by atoms with Gasteiger partial charge in [0.25, 0.3) is 0 Å². The molecular weight excluding hydrogens is 338 g/mol. The number of nitrogens with one attached hydrogen (secondary N) is 1. The van der Waals surface area contributed by atoms with Crippen LogP contribution in [0.4, 0.5) is 5.82 Å². The lowest BCUT2D eigenvalue weighted by Crippen LogP contribution is -2.49. The Labute approximate surface area is 161 Å². The van der Waals surface area contributed by atoms with Crippen LogP contribution in [0, 0.1) is 0 Å². The summed E-state index contributed by atoms with van der Waals surface area (Å²) < 4.78 is 0. The van der Waals surface area contributed by atoms with E-state index in [1.807, 2.05) is 0 Å². The van der Waals surface area contributed by atoms with Gasteiger partial charge in [-0.1, -0.05) is 38.1 Å². The molecular formula is C21H29N5O. The Balaban J connectivity index is 1.35. The van der Waals surface area contributed by atoms with Crippen molar-refractivity contribution in [1.29, 1.82) is 0 Å². The molecule has 2 heterocycles. The summed E-state index contributed by atoms with van der Waals surface area (Å²) in [6.45, 7) is 8.99. The summed E-state index contributed by atoms with van der Waals surface area (Å²) in [6, 6.07) is 8.68. The fourth-order valence-electron chi connectivity index (χ4n) is 3.26. The van der Waals surface area contributed by atoms with Gasteiger partial charge in [0.05, 0.1) is 12.7 Å². The Morgan fingerprint density at radius 2 is 1.85 bits per heavy atom. The second-order valence-electron chi connectivity index (χ2n) is 7.32. The number of amides is 1. The molecule has 3 rings (SSSR count). The van der Waals surface area contributed by atoms with Crippen molar-refractivity contribution in [3.05, 3.63) is 54.0 Å². The smallest absolute Gasteiger partial charge is 0.234 e. The van der Waals surface area contributed by atoms with Crippen molar-refractivity contribution in [1.82, 2.24) is 20.2 Å². The fourth-order valence-corrected chi connectivity index (χ4v) is 3.26. The molecule has 0 spiro atoms. The van der Waals surface area contributed by atoms with Gasteiger partial charge in [0.15, 0.2) is 0 Å². The lowest BCUT2D eigenvalue weighted by atomic mass is 10.0. The van der Waals surface area contributed by atoms with E-state index in [-0.39, 0.29) is 5.91 Å². The van der Waals surface area contributed by atoms with Crippen molar-refractivity contribution in [2.24, 2.45) is 0 Å². The Kier molecular flexibility index (Phi) is 6.76. The largest absolute Gasteiger partial charge is 0.355 e. The summed E-state index contributed by atoms with van der Waals surface area (Å²) in [4.78, 5) is 25.1. The van der Waals surface area contributed by atoms with Crippen molar-refractivity contribution in [2.45, 2.75) is 26.2 Å². The molecule has 1 saturated heterocycles. The first-order valence-electron chi connectivity index (χ1n) is 9.70. The van der Waals surface area contributed by atoms with E-state index in [1.54, 1.807) is 18.6 Å². The summed E-state index contributed by atoms with van der Waals surface area (Å²) in [6.07, 6.45) is 6.05. The Morgan fingerprint density at radius 1 is 1.11 bits per heavy atom. The van der Waals surface area contributed by atoms with Crippen LogP contribution in [0.1, 0.15) is 30.9 Å². The minimum absolute atomic E-state index is 0.0988. The van der Waals surface area contributed by atoms with Crippen LogP contribution in [0.15, 0.2) is 42.9 Å². The SMILES string of the molecule is CC(C)c1ccc(CCNC(=O)CN2CCN(c3cnccn3)CC2)cc1. The summed E-state index contributed by atoms with van der Waals surface area (Å²) in [7, 11) is 0. The van der Waals surface area contributed by atoms with Crippen molar-refractivity contribution < 1.29 is 4.79 Å². The quantitative estimate of drug-likeness (QED) is 0.812. The highest BCUT2D eigenvalue weighted by molar-refractivity contribution is 5.78. The highest BCUT2D eigenvalue weighted by atomic mass is 16.2. The molecule has 0 bridgehead atoms. The topological polar surface area (TPSA) is 61.4 Å². The standard InChI is InChI=1S/C21H29N5O/c1-17(2)19-5-3-18(4-6-19)7-8-24-21(27)16-25-11-13-26(14-12-25)20-15-22-9-10-23-20/h3-6,9-10,15,17H,7-8,11-14,16H2,1-2H3,(H,24,27). The molecule has 0 saturated carbocycles. The third kappa shape index (κ3) is 5.76. The average Bonchev–Trinajstić information content (AvgIpc) is 2.69. The van der Waals surface area contributed by atoms with Gasteiger partial charge in [-0.2, -0.15) is 0 Å². The molecule has 0 radical (unpaired) electrons. The van der Waals surface area contributed by atoms with Gasteiger partial charge in [-0.05, 0) is 23.5 Å². The second kappa shape index (κ2) is 9.46. The molecule has 6 nitrogen and oxygen atoms in total. The third-order valence-electron chi connectivity index (χ3n) is 5.00. The first-order chi connectivity index (χ1) is 13.1. The Morgan fingerprint density at radius 3 is 2.48 bits per heavy atom. The first kappa shape index (κ1) is 19.3. The number of benzene rings is 1. The number of piperazine rings is 1. The fraction of sp³-hybridized carbons (Fsp3) is 0.476. The second-order valence-corrected chi connectivity index (χ2v) is 7.32. The Hall–Kier alpha value is -2.47. The van der Waals surface area contributed by atoms with Gasteiger partial charge in [0.1, 0.15) is 5.82 Å². The molecule has 2 aromatic rings. The maximum atomic E-state index is 12.2. The molecule has 144 valence electrons. The van der Waals surface area contributed by atoms with E-state index < -0.39 is 0 Å². The molecule has 1 aromatic carbocycles. The molecule has 1 N–H and O–H groups in total. The molecule has 1 aromatic heterocycles. The highest BCUT2D eigenvalue weighted by Gasteiger charge is 2.19. The van der Waals surface area contributed by atoms with E-state index in [2.05, 4.69) is 63.2 Å². The normalized spacial score (nSPS) is 15.1. The molecule has 1 aliphatic rings. The lowest BCUT2D eigenvalue weighted by Gasteiger charge is -2.34. The maximum Gasteiger partial charge on any atom is 0.234 e. The molecule has 0 atom stereocenters. The van der Waals surface area contributed by atoms with Crippen LogP contribution < -0.4 is 10.2 Å². The molecule has 6 heteroatoms. The number of anilines is 1. The number of nitrogens with zero attached hydrogens (tertiary/aromatic N) is 4. The van der Waals surface area contributed by atoms with Gasteiger partial charge in [0, 0.05) is 45.1 Å². The zero-order chi connectivity index (χ0) is 19.1. The van der Waals surface area contributed by atoms with Crippen molar-refractivity contribution >= 4 is 11.7 Å². The van der Waals surface area contributed by atoms with Crippen LogP contribution in [0.25, 0.3) is 0 Å². The Bertz CT molecular complexity index is 709. The van der Waals surface area contributed by atoms with E-state index in [4.69, 9.17) is 0 Å². The number of hydrogen-bond donors (Lipinski definition) is 1. The van der Waals surface area contributed by atoms with Crippen molar-refractivity contribution in [3.8, 4) is 0 Å². The predicted molar refractivity (Wildman–Crippen MR) is 108 cm³/mol. The maximum absolute atomic E-state index is 12.2. The van der Waals surface area contributed by atoms with E-state index in [1.165, 1.54) is 11.1 Å². The predicted octanol–water partition coefficient (Wildman–Crippen LogP) is 2.08. The molecule has 0 unspecified atom stereocenters. The van der Waals surface area contributed by atoms with Crippen molar-refractivity contribution in [3.63, 3.8) is 0 Å². The summed E-state index contributed by atoms with van der Waals surface area (Å²) in [5.74, 6) is 1.56. The lowest BCUT2D eigenvalue weighted by molar-refractivity contribution is -0.122. The summed E-state index contributed by atoms with van der Waals surface area (Å²) in [5.41, 5.74) is 2.61. The van der Waals surface area contributed by atoms with Crippen LogP contribution >= 0.6 is 0 Å². The van der Waals surface area contributed by atoms with Crippen LogP contribution in [0.3, 0.4) is 0 Å². The van der Waals surface area contributed by atoms with Crippen LogP contribution in [0.2, 0.25) is 0 Å². The van der Waals surface area contributed by atoms with Gasteiger partial charge < -0.3 is 10.2 Å². The zero-order valence-corrected chi connectivity index (χ0v) is 16.3. The van der Waals surface area contributed by atoms with E-state index in [0.29, 0.717) is 19.0 Å². The molecule has 1 amide bonds. The minimum atomic E-state index is 0.0988. The van der Waals surface area contributed by atoms with Crippen LogP contribution in [0.5, 0.6) is 0 Å². The van der Waals surface area contributed by atoms with Gasteiger partial charge in [0.2, 0.25) is 5.91 Å². The first-order valence-corrected chi connectivity index (χ1v) is 9.70. The molecule has 1 fully saturated rings. The van der Waals surface area contributed by atoms with Gasteiger partial charge in [-0.25, -0.2) is 4.98 Å². The molecule has 0 aliphatic carbocycles. The summed E-state index contributed by atoms with van der Waals surface area (Å²) >= 11 is 0. The van der Waals surface area contributed by atoms with E-state index >= 15 is 0 Å². The van der Waals surface area contributed by atoms with Gasteiger partial charge in [-0.3, -0.25) is 14.7 Å². The number of aromatic nitrogens is 2. The number of hydrogen-bond acceptors (Lipinski definition) is 5. The zero-order valence-electron chi connectivity index (χ0n) is 16.3. The van der Waals surface area contributed by atoms with E-state index in [9.17, 15) is 4.79 Å². The highest BCUT2D eigenvalue weighted by Crippen LogP contribution is 2.15. The third-order valence-corrected chi connectivity index (χ3v) is 5.00. The van der Waals surface area contributed by atoms with Gasteiger partial charge in [-0.15, -0.1) is 0 Å². The van der Waals surface area contributed by atoms with Crippen LogP contribution in [-0.2, 0) is 11.2 Å². The van der Waals surface area contributed by atoms with Crippen molar-refractivity contribution in [2.75, 3.05) is 44.2 Å². The number of carbonyl (C=O) groups excluding carboxylic acids is 1. The van der Waals surface area contributed by atoms with E-state index in [0.717, 1.165) is 38.4 Å². The summed E-state index contributed by atoms with van der Waals surface area (Å²) in [5, 5.41) is 3.04. The monoisotopic (exact) mass is 367 g/mol.